The summed E-state index contributed by atoms with van der Waals surface area (Å²) in [6.07, 6.45) is 0. The van der Waals surface area contributed by atoms with E-state index in [4.69, 9.17) is 27.9 Å². The topological polar surface area (TPSA) is 66.8 Å². The maximum Gasteiger partial charge on any atom is 0.300 e. The zero-order valence-corrected chi connectivity index (χ0v) is 20.0. The summed E-state index contributed by atoms with van der Waals surface area (Å²) in [6, 6.07) is 12.3. The number of halogens is 3. The van der Waals surface area contributed by atoms with E-state index < -0.39 is 23.5 Å². The molecule has 1 amide bonds. The number of carbonyl (C=O) groups excluding carboxylic acids is 2. The van der Waals surface area contributed by atoms with Gasteiger partial charge in [-0.1, -0.05) is 35.3 Å². The summed E-state index contributed by atoms with van der Waals surface area (Å²) >= 11 is 12.3. The number of carbonyl (C=O) groups is 2. The van der Waals surface area contributed by atoms with E-state index in [-0.39, 0.29) is 27.1 Å². The summed E-state index contributed by atoms with van der Waals surface area (Å²) in [5, 5.41) is 11.9. The van der Waals surface area contributed by atoms with Crippen molar-refractivity contribution in [2.24, 2.45) is 0 Å². The van der Waals surface area contributed by atoms with Gasteiger partial charge in [0.2, 0.25) is 0 Å². The zero-order valence-electron chi connectivity index (χ0n) is 18.5. The summed E-state index contributed by atoms with van der Waals surface area (Å²) in [7, 11) is 1.54. The van der Waals surface area contributed by atoms with E-state index >= 15 is 0 Å². The molecular formula is C26H20Cl2FNO4. The summed E-state index contributed by atoms with van der Waals surface area (Å²) in [5.74, 6) is -1.94. The van der Waals surface area contributed by atoms with Crippen molar-refractivity contribution in [3.63, 3.8) is 0 Å². The molecular weight excluding hydrogens is 480 g/mol. The van der Waals surface area contributed by atoms with E-state index in [2.05, 4.69) is 0 Å². The standard InChI is InChI=1S/C26H20Cl2FNO4/c1-13-9-21(34-3)14(2)8-20(13)24(31)22-23(15-4-6-18(29)7-5-15)30(26(33)25(22)32)19-11-16(27)10-17(28)12-19/h4-12,23,31H,1-3H3/b24-22+. The number of aryl methyl sites for hydroxylation is 2. The number of rotatable bonds is 4. The Kier molecular flexibility index (Phi) is 6.39. The summed E-state index contributed by atoms with van der Waals surface area (Å²) in [4.78, 5) is 27.7. The van der Waals surface area contributed by atoms with Gasteiger partial charge < -0.3 is 9.84 Å². The van der Waals surface area contributed by atoms with E-state index in [1.807, 2.05) is 0 Å². The molecule has 1 fully saturated rings. The number of Topliss-reactive ketones (excluding diaryl/α,β-unsaturated/α-hetero) is 1. The van der Waals surface area contributed by atoms with Gasteiger partial charge in [0.05, 0.1) is 18.7 Å². The van der Waals surface area contributed by atoms with Crippen molar-refractivity contribution in [2.75, 3.05) is 12.0 Å². The Labute approximate surface area is 206 Å². The van der Waals surface area contributed by atoms with E-state index in [9.17, 15) is 19.1 Å². The number of hydrogen-bond donors (Lipinski definition) is 1. The highest BCUT2D eigenvalue weighted by Crippen LogP contribution is 2.44. The number of amides is 1. The number of methoxy groups -OCH3 is 1. The van der Waals surface area contributed by atoms with Gasteiger partial charge in [0, 0.05) is 21.3 Å². The van der Waals surface area contributed by atoms with Crippen molar-refractivity contribution in [1.82, 2.24) is 0 Å². The molecule has 3 aromatic rings. The minimum absolute atomic E-state index is 0.125. The molecule has 0 radical (unpaired) electrons. The first-order valence-electron chi connectivity index (χ1n) is 10.3. The third kappa shape index (κ3) is 4.15. The van der Waals surface area contributed by atoms with E-state index in [0.29, 0.717) is 22.4 Å². The Hall–Kier alpha value is -3.35. The first-order valence-corrected chi connectivity index (χ1v) is 11.1. The molecule has 34 heavy (non-hydrogen) atoms. The maximum atomic E-state index is 13.7. The Morgan fingerprint density at radius 2 is 1.59 bits per heavy atom. The average Bonchev–Trinajstić information content (AvgIpc) is 3.05. The predicted octanol–water partition coefficient (Wildman–Crippen LogP) is 6.38. The Morgan fingerprint density at radius 3 is 2.18 bits per heavy atom. The number of ether oxygens (including phenoxy) is 1. The van der Waals surface area contributed by atoms with Gasteiger partial charge in [0.25, 0.3) is 11.7 Å². The molecule has 1 aliphatic rings. The molecule has 5 nitrogen and oxygen atoms in total. The maximum absolute atomic E-state index is 13.7. The lowest BCUT2D eigenvalue weighted by molar-refractivity contribution is -0.132. The van der Waals surface area contributed by atoms with E-state index in [0.717, 1.165) is 5.56 Å². The van der Waals surface area contributed by atoms with Gasteiger partial charge in [-0.15, -0.1) is 0 Å². The number of anilines is 1. The summed E-state index contributed by atoms with van der Waals surface area (Å²) < 4.78 is 19.0. The van der Waals surface area contributed by atoms with Crippen molar-refractivity contribution in [3.8, 4) is 5.75 Å². The lowest BCUT2D eigenvalue weighted by atomic mass is 9.93. The third-order valence-electron chi connectivity index (χ3n) is 5.75. The highest BCUT2D eigenvalue weighted by Gasteiger charge is 2.47. The van der Waals surface area contributed by atoms with Gasteiger partial charge in [-0.2, -0.15) is 0 Å². The number of nitrogens with zero attached hydrogens (tertiary/aromatic N) is 1. The molecule has 1 unspecified atom stereocenters. The van der Waals surface area contributed by atoms with Crippen LogP contribution in [0, 0.1) is 19.7 Å². The predicted molar refractivity (Wildman–Crippen MR) is 130 cm³/mol. The highest BCUT2D eigenvalue weighted by atomic mass is 35.5. The van der Waals surface area contributed by atoms with Gasteiger partial charge in [-0.3, -0.25) is 14.5 Å². The Morgan fingerprint density at radius 1 is 0.971 bits per heavy atom. The number of hydrogen-bond acceptors (Lipinski definition) is 4. The minimum Gasteiger partial charge on any atom is -0.507 e. The van der Waals surface area contributed by atoms with Gasteiger partial charge in [-0.25, -0.2) is 4.39 Å². The largest absolute Gasteiger partial charge is 0.507 e. The lowest BCUT2D eigenvalue weighted by Gasteiger charge is -2.26. The van der Waals surface area contributed by atoms with Crippen molar-refractivity contribution in [3.05, 3.63) is 98.3 Å². The van der Waals surface area contributed by atoms with Gasteiger partial charge in [0.1, 0.15) is 17.3 Å². The highest BCUT2D eigenvalue weighted by molar-refractivity contribution is 6.52. The molecule has 0 spiro atoms. The van der Waals surface area contributed by atoms with Gasteiger partial charge >= 0.3 is 0 Å². The second-order valence-electron chi connectivity index (χ2n) is 7.99. The van der Waals surface area contributed by atoms with Crippen LogP contribution in [0.1, 0.15) is 28.3 Å². The van der Waals surface area contributed by atoms with Crippen LogP contribution in [0.5, 0.6) is 5.75 Å². The van der Waals surface area contributed by atoms with Crippen LogP contribution >= 0.6 is 23.2 Å². The van der Waals surface area contributed by atoms with E-state index in [1.165, 1.54) is 54.5 Å². The van der Waals surface area contributed by atoms with Crippen LogP contribution in [-0.4, -0.2) is 23.9 Å². The fraction of sp³-hybridized carbons (Fsp3) is 0.154. The molecule has 8 heteroatoms. The Bertz CT molecular complexity index is 1330. The first kappa shape index (κ1) is 23.8. The molecule has 0 aromatic heterocycles. The molecule has 1 atom stereocenters. The van der Waals surface area contributed by atoms with Crippen molar-refractivity contribution in [2.45, 2.75) is 19.9 Å². The first-order chi connectivity index (χ1) is 16.1. The van der Waals surface area contributed by atoms with Crippen LogP contribution in [0.2, 0.25) is 10.0 Å². The molecule has 4 rings (SSSR count). The van der Waals surface area contributed by atoms with Crippen LogP contribution in [0.15, 0.2) is 60.2 Å². The zero-order chi connectivity index (χ0) is 24.7. The van der Waals surface area contributed by atoms with Crippen LogP contribution in [0.4, 0.5) is 10.1 Å². The van der Waals surface area contributed by atoms with Crippen molar-refractivity contribution >= 4 is 46.3 Å². The average molecular weight is 500 g/mol. The molecule has 1 aliphatic heterocycles. The van der Waals surface area contributed by atoms with Crippen LogP contribution in [0.3, 0.4) is 0 Å². The second kappa shape index (κ2) is 9.12. The molecule has 1 heterocycles. The SMILES string of the molecule is COc1cc(C)c(/C(O)=C2\C(=O)C(=O)N(c3cc(Cl)cc(Cl)c3)C2c2ccc(F)cc2)cc1C. The summed E-state index contributed by atoms with van der Waals surface area (Å²) in [5.41, 5.74) is 2.35. The number of ketones is 1. The van der Waals surface area contributed by atoms with Crippen molar-refractivity contribution in [1.29, 1.82) is 0 Å². The fourth-order valence-electron chi connectivity index (χ4n) is 4.15. The molecule has 3 aromatic carbocycles. The molecule has 1 saturated heterocycles. The summed E-state index contributed by atoms with van der Waals surface area (Å²) in [6.45, 7) is 3.57. The smallest absolute Gasteiger partial charge is 0.300 e. The van der Waals surface area contributed by atoms with Gasteiger partial charge in [-0.05, 0) is 73.0 Å². The fourth-order valence-corrected chi connectivity index (χ4v) is 4.66. The number of benzene rings is 3. The molecule has 0 aliphatic carbocycles. The van der Waals surface area contributed by atoms with Crippen LogP contribution < -0.4 is 9.64 Å². The van der Waals surface area contributed by atoms with E-state index in [1.54, 1.807) is 26.0 Å². The number of aliphatic hydroxyl groups excluding tert-OH is 1. The van der Waals surface area contributed by atoms with Crippen molar-refractivity contribution < 1.29 is 23.8 Å². The van der Waals surface area contributed by atoms with Gasteiger partial charge in [0.15, 0.2) is 0 Å². The minimum atomic E-state index is -1.03. The Balaban J connectivity index is 1.99. The lowest BCUT2D eigenvalue weighted by Crippen LogP contribution is -2.29. The van der Waals surface area contributed by atoms with Crippen LogP contribution in [0.25, 0.3) is 5.76 Å². The monoisotopic (exact) mass is 499 g/mol. The molecule has 0 bridgehead atoms. The second-order valence-corrected chi connectivity index (χ2v) is 8.86. The third-order valence-corrected chi connectivity index (χ3v) is 6.19. The van der Waals surface area contributed by atoms with Crippen LogP contribution in [-0.2, 0) is 9.59 Å². The quantitative estimate of drug-likeness (QED) is 0.256. The molecule has 174 valence electrons. The number of aliphatic hydroxyl groups is 1. The molecule has 0 saturated carbocycles. The molecule has 1 N–H and O–H groups in total. The normalized spacial score (nSPS) is 17.4.